The van der Waals surface area contributed by atoms with Crippen molar-refractivity contribution in [1.82, 2.24) is 4.68 Å². The number of nitrogen functional groups attached to an aromatic ring is 1. The zero-order valence-corrected chi connectivity index (χ0v) is 19.0. The van der Waals surface area contributed by atoms with Gasteiger partial charge in [-0.05, 0) is 49.6 Å². The van der Waals surface area contributed by atoms with E-state index in [0.29, 0.717) is 11.1 Å². The Morgan fingerprint density at radius 3 is 2.03 bits per heavy atom. The van der Waals surface area contributed by atoms with E-state index in [1.54, 1.807) is 30.7 Å². The van der Waals surface area contributed by atoms with E-state index in [-0.39, 0.29) is 4.90 Å². The van der Waals surface area contributed by atoms with Crippen LogP contribution >= 0.6 is 0 Å². The van der Waals surface area contributed by atoms with Crippen LogP contribution in [0.5, 0.6) is 0 Å². The van der Waals surface area contributed by atoms with Gasteiger partial charge in [-0.1, -0.05) is 60.2 Å². The number of hydrogen-bond acceptors (Lipinski definition) is 4. The molecule has 0 spiro atoms. The molecule has 0 aliphatic heterocycles. The number of nitrogens with zero attached hydrogens (tertiary/aromatic N) is 2. The van der Waals surface area contributed by atoms with Crippen molar-refractivity contribution in [2.75, 3.05) is 5.84 Å². The lowest BCUT2D eigenvalue weighted by Gasteiger charge is -2.14. The minimum Gasteiger partial charge on any atom is -0.744 e. The molecule has 0 aliphatic carbocycles. The highest BCUT2D eigenvalue weighted by molar-refractivity contribution is 7.85. The van der Waals surface area contributed by atoms with Crippen molar-refractivity contribution in [1.29, 1.82) is 0 Å². The van der Waals surface area contributed by atoms with Crippen LogP contribution in [0.2, 0.25) is 0 Å². The second kappa shape index (κ2) is 8.91. The van der Waals surface area contributed by atoms with Gasteiger partial charge in [0.25, 0.3) is 5.82 Å². The minimum atomic E-state index is -4.33. The fraction of sp³-hybridized carbons (Fsp3) is 0.208. The Labute approximate surface area is 183 Å². The number of benzene rings is 3. The molecule has 2 N–H and O–H groups in total. The Kier molecular flexibility index (Phi) is 6.48. The molecule has 0 saturated carbocycles. The second-order valence-corrected chi connectivity index (χ2v) is 8.98. The maximum absolute atomic E-state index is 10.8. The molecule has 0 amide bonds. The molecule has 4 aromatic rings. The third kappa shape index (κ3) is 4.95. The van der Waals surface area contributed by atoms with E-state index in [2.05, 4.69) is 34.9 Å². The highest BCUT2D eigenvalue weighted by atomic mass is 32.2. The largest absolute Gasteiger partial charge is 0.744 e. The lowest BCUT2D eigenvalue weighted by Crippen LogP contribution is -2.37. The van der Waals surface area contributed by atoms with Gasteiger partial charge in [-0.15, -0.1) is 4.68 Å². The first kappa shape index (κ1) is 22.5. The molecule has 6 nitrogen and oxygen atoms in total. The lowest BCUT2D eigenvalue weighted by molar-refractivity contribution is -0.669. The van der Waals surface area contributed by atoms with Crippen molar-refractivity contribution in [3.05, 3.63) is 94.8 Å². The number of rotatable bonds is 3. The number of para-hydroxylation sites is 2. The molecule has 0 saturated heterocycles. The first-order valence-corrected chi connectivity index (χ1v) is 11.3. The van der Waals surface area contributed by atoms with Gasteiger partial charge in [-0.3, -0.25) is 5.84 Å². The van der Waals surface area contributed by atoms with Crippen LogP contribution in [0.25, 0.3) is 11.0 Å². The Balaban J connectivity index is 0.000000187. The molecule has 0 unspecified atom stereocenters. The van der Waals surface area contributed by atoms with E-state index >= 15 is 0 Å². The predicted octanol–water partition coefficient (Wildman–Crippen LogP) is 3.52. The minimum absolute atomic E-state index is 0.0851. The van der Waals surface area contributed by atoms with Gasteiger partial charge in [0.1, 0.15) is 16.7 Å². The van der Waals surface area contributed by atoms with Gasteiger partial charge in [-0.2, -0.15) is 0 Å². The van der Waals surface area contributed by atoms with E-state index in [1.807, 2.05) is 38.1 Å². The van der Waals surface area contributed by atoms with Crippen molar-refractivity contribution in [3.63, 3.8) is 0 Å². The molecule has 0 radical (unpaired) electrons. The van der Waals surface area contributed by atoms with E-state index in [4.69, 9.17) is 5.84 Å². The topological polar surface area (TPSA) is 92.0 Å². The Morgan fingerprint density at radius 2 is 1.45 bits per heavy atom. The third-order valence-electron chi connectivity index (χ3n) is 5.21. The van der Waals surface area contributed by atoms with Crippen LogP contribution in [0.15, 0.2) is 71.6 Å². The molecule has 0 fully saturated rings. The van der Waals surface area contributed by atoms with Crippen LogP contribution in [-0.2, 0) is 16.7 Å². The molecule has 0 bridgehead atoms. The molecular weight excluding hydrogens is 410 g/mol. The number of fused-ring (bicyclic) bond motifs is 1. The van der Waals surface area contributed by atoms with Crippen LogP contribution < -0.4 is 10.4 Å². The number of hydrogen-bond donors (Lipinski definition) is 1. The van der Waals surface area contributed by atoms with Crippen molar-refractivity contribution >= 4 is 21.2 Å². The molecule has 1 aromatic heterocycles. The summed E-state index contributed by atoms with van der Waals surface area (Å²) in [6, 6.07) is 22.0. The molecule has 1 heterocycles. The van der Waals surface area contributed by atoms with E-state index in [9.17, 15) is 13.0 Å². The lowest BCUT2D eigenvalue weighted by atomic mass is 10.1. The quantitative estimate of drug-likeness (QED) is 0.302. The van der Waals surface area contributed by atoms with Gasteiger partial charge in [0.05, 0.1) is 4.90 Å². The summed E-state index contributed by atoms with van der Waals surface area (Å²) < 4.78 is 36.5. The standard InChI is InChI=1S/C15H16N3.C9H12O3S/c1-12-17(11-13-7-3-2-4-8-13)14-9-5-6-10-15(14)18(12)16;1-6-4-7(2)9(8(3)5-6)13(10,11)12/h2-10H,11,16H2,1H3;4-5H,1-3H3,(H,10,11,12)/q+1;/p-1. The monoisotopic (exact) mass is 437 g/mol. The first-order chi connectivity index (χ1) is 14.6. The van der Waals surface area contributed by atoms with Crippen LogP contribution in [-0.4, -0.2) is 17.6 Å². The molecule has 0 aliphatic rings. The molecule has 4 rings (SSSR count). The second-order valence-electron chi connectivity index (χ2n) is 7.66. The highest BCUT2D eigenvalue weighted by Crippen LogP contribution is 2.20. The van der Waals surface area contributed by atoms with E-state index < -0.39 is 10.1 Å². The summed E-state index contributed by atoms with van der Waals surface area (Å²) in [5, 5.41) is 0. The molecule has 162 valence electrons. The van der Waals surface area contributed by atoms with Gasteiger partial charge < -0.3 is 4.55 Å². The normalized spacial score (nSPS) is 11.3. The average Bonchev–Trinajstić information content (AvgIpc) is 2.93. The summed E-state index contributed by atoms with van der Waals surface area (Å²) in [6.45, 7) is 8.01. The van der Waals surface area contributed by atoms with Crippen molar-refractivity contribution in [2.24, 2.45) is 0 Å². The summed E-state index contributed by atoms with van der Waals surface area (Å²) in [4.78, 5) is -0.0851. The van der Waals surface area contributed by atoms with Gasteiger partial charge in [0, 0.05) is 6.92 Å². The van der Waals surface area contributed by atoms with Crippen molar-refractivity contribution < 1.29 is 17.5 Å². The smallest absolute Gasteiger partial charge is 0.277 e. The summed E-state index contributed by atoms with van der Waals surface area (Å²) >= 11 is 0. The summed E-state index contributed by atoms with van der Waals surface area (Å²) in [7, 11) is -4.33. The van der Waals surface area contributed by atoms with Gasteiger partial charge in [0.2, 0.25) is 0 Å². The number of nitrogens with two attached hydrogens (primary N) is 1. The molecule has 3 aromatic carbocycles. The third-order valence-corrected chi connectivity index (χ3v) is 6.35. The SMILES string of the molecule is Cc1cc(C)c(S(=O)(=O)[O-])c(C)c1.Cc1n(N)c2ccccc2[n+]1Cc1ccccc1. The molecular formula is C24H27N3O3S. The first-order valence-electron chi connectivity index (χ1n) is 9.92. The predicted molar refractivity (Wildman–Crippen MR) is 121 cm³/mol. The summed E-state index contributed by atoms with van der Waals surface area (Å²) in [5.41, 5.74) is 5.51. The highest BCUT2D eigenvalue weighted by Gasteiger charge is 2.19. The summed E-state index contributed by atoms with van der Waals surface area (Å²) in [6.07, 6.45) is 0. The molecule has 0 atom stereocenters. The molecule has 31 heavy (non-hydrogen) atoms. The van der Waals surface area contributed by atoms with Crippen molar-refractivity contribution in [3.8, 4) is 0 Å². The fourth-order valence-electron chi connectivity index (χ4n) is 3.90. The fourth-order valence-corrected chi connectivity index (χ4v) is 4.81. The maximum Gasteiger partial charge on any atom is 0.277 e. The Hall–Kier alpha value is -3.16. The van der Waals surface area contributed by atoms with Crippen molar-refractivity contribution in [2.45, 2.75) is 39.1 Å². The van der Waals surface area contributed by atoms with Crippen LogP contribution in [0.3, 0.4) is 0 Å². The van der Waals surface area contributed by atoms with Gasteiger partial charge >= 0.3 is 0 Å². The van der Waals surface area contributed by atoms with E-state index in [0.717, 1.165) is 23.4 Å². The van der Waals surface area contributed by atoms with Crippen LogP contribution in [0.1, 0.15) is 28.1 Å². The average molecular weight is 438 g/mol. The molecule has 7 heteroatoms. The van der Waals surface area contributed by atoms with Crippen LogP contribution in [0, 0.1) is 27.7 Å². The van der Waals surface area contributed by atoms with E-state index in [1.165, 1.54) is 11.1 Å². The Morgan fingerprint density at radius 1 is 0.903 bits per heavy atom. The zero-order chi connectivity index (χ0) is 22.8. The van der Waals surface area contributed by atoms with Gasteiger partial charge in [-0.25, -0.2) is 13.0 Å². The zero-order valence-electron chi connectivity index (χ0n) is 18.2. The maximum atomic E-state index is 10.8. The Bertz CT molecular complexity index is 1300. The van der Waals surface area contributed by atoms with Crippen LogP contribution in [0.4, 0.5) is 0 Å². The van der Waals surface area contributed by atoms with Gasteiger partial charge in [0.15, 0.2) is 11.0 Å². The number of aromatic nitrogens is 2. The summed E-state index contributed by atoms with van der Waals surface area (Å²) in [5.74, 6) is 7.14. The number of aryl methyl sites for hydroxylation is 3. The number of imidazole rings is 1.